The maximum absolute atomic E-state index is 15.7. The summed E-state index contributed by atoms with van der Waals surface area (Å²) >= 11 is 6.62. The van der Waals surface area contributed by atoms with Crippen LogP contribution in [-0.2, 0) is 31.6 Å². The first-order valence-corrected chi connectivity index (χ1v) is 20.7. The van der Waals surface area contributed by atoms with Gasteiger partial charge in [0.15, 0.2) is 11.3 Å². The van der Waals surface area contributed by atoms with E-state index in [0.29, 0.717) is 10.7 Å². The lowest BCUT2D eigenvalue weighted by atomic mass is 9.80. The van der Waals surface area contributed by atoms with Gasteiger partial charge in [-0.3, -0.25) is 14.5 Å². The van der Waals surface area contributed by atoms with Crippen molar-refractivity contribution in [1.29, 1.82) is 0 Å². The Labute approximate surface area is 336 Å². The number of rotatable bonds is 14. The highest BCUT2D eigenvalue weighted by atomic mass is 35.5. The summed E-state index contributed by atoms with van der Waals surface area (Å²) in [6.07, 6.45) is 0.494. The lowest BCUT2D eigenvalue weighted by Gasteiger charge is -2.42. The molecular formula is C40H48ClF3N4O8S. The quantitative estimate of drug-likeness (QED) is 0.195. The molecule has 3 heterocycles. The highest BCUT2D eigenvalue weighted by Crippen LogP contribution is 2.55. The van der Waals surface area contributed by atoms with Gasteiger partial charge in [-0.15, -0.1) is 13.2 Å². The molecule has 3 aromatic carbocycles. The van der Waals surface area contributed by atoms with Crippen molar-refractivity contribution in [2.45, 2.75) is 80.3 Å². The molecule has 0 spiro atoms. The van der Waals surface area contributed by atoms with Crippen molar-refractivity contribution in [2.24, 2.45) is 0 Å². The molecule has 57 heavy (non-hydrogen) atoms. The van der Waals surface area contributed by atoms with Crippen LogP contribution in [0.4, 0.5) is 18.9 Å². The summed E-state index contributed by atoms with van der Waals surface area (Å²) in [6.45, 7) is 2.96. The molecule has 0 aromatic heterocycles. The number of alkyl halides is 3. The fourth-order valence-corrected chi connectivity index (χ4v) is 10.1. The van der Waals surface area contributed by atoms with Crippen molar-refractivity contribution in [3.8, 4) is 17.2 Å². The zero-order valence-corrected chi connectivity index (χ0v) is 33.9. The van der Waals surface area contributed by atoms with Crippen molar-refractivity contribution in [1.82, 2.24) is 14.7 Å². The molecule has 2 fully saturated rings. The molecule has 3 aromatic rings. The third-order valence-corrected chi connectivity index (χ3v) is 12.9. The number of carbonyl (C=O) groups excluding carboxylic acids is 2. The Morgan fingerprint density at radius 2 is 1.68 bits per heavy atom. The van der Waals surface area contributed by atoms with Crippen LogP contribution >= 0.6 is 11.6 Å². The number of hydrogen-bond donors (Lipinski definition) is 1. The Bertz CT molecular complexity index is 2080. The number of aryl methyl sites for hydroxylation is 1. The van der Waals surface area contributed by atoms with Gasteiger partial charge in [0.05, 0.1) is 32.1 Å². The minimum Gasteiger partial charge on any atom is -0.497 e. The van der Waals surface area contributed by atoms with Gasteiger partial charge in [-0.05, 0) is 106 Å². The van der Waals surface area contributed by atoms with E-state index in [9.17, 15) is 31.5 Å². The van der Waals surface area contributed by atoms with Crippen molar-refractivity contribution >= 4 is 39.1 Å². The van der Waals surface area contributed by atoms with Gasteiger partial charge in [0.1, 0.15) is 16.4 Å². The van der Waals surface area contributed by atoms with Gasteiger partial charge in [0.2, 0.25) is 5.91 Å². The number of methoxy groups -OCH3 is 2. The SMILES string of the molecule is COc1ccc(S(=O)(=O)N2C(=O)C(c3cc(CCCCCN4CCCCC4)ccc3OC)(N3C[C@H](O)C[C@H]3C(=O)N(C)C)c3cc(Cl)ccc32)c(OC(F)(F)F)c1. The Morgan fingerprint density at radius 3 is 2.35 bits per heavy atom. The van der Waals surface area contributed by atoms with Crippen LogP contribution in [-0.4, -0.2) is 113 Å². The van der Waals surface area contributed by atoms with Gasteiger partial charge in [-0.1, -0.05) is 30.5 Å². The number of likely N-dealkylation sites (N-methyl/N-ethyl adjacent to an activating group) is 1. The lowest BCUT2D eigenvalue weighted by molar-refractivity contribution is -0.275. The third kappa shape index (κ3) is 8.42. The lowest BCUT2D eigenvalue weighted by Crippen LogP contribution is -2.59. The number of carbonyl (C=O) groups is 2. The molecule has 17 heteroatoms. The smallest absolute Gasteiger partial charge is 0.497 e. The highest BCUT2D eigenvalue weighted by Gasteiger charge is 2.64. The molecule has 2 saturated heterocycles. The number of aliphatic hydroxyl groups is 1. The summed E-state index contributed by atoms with van der Waals surface area (Å²) in [4.78, 5) is 33.9. The van der Waals surface area contributed by atoms with Gasteiger partial charge in [-0.25, -0.2) is 12.7 Å². The molecule has 0 radical (unpaired) electrons. The zero-order valence-electron chi connectivity index (χ0n) is 32.4. The number of β-amino-alcohol motifs (C(OH)–C–C–N with tert-alkyl or cyclic N) is 1. The predicted molar refractivity (Wildman–Crippen MR) is 207 cm³/mol. The largest absolute Gasteiger partial charge is 0.573 e. The van der Waals surface area contributed by atoms with Crippen LogP contribution in [0.2, 0.25) is 5.02 Å². The first kappa shape index (κ1) is 42.5. The number of hydrogen-bond acceptors (Lipinski definition) is 10. The van der Waals surface area contributed by atoms with E-state index in [1.807, 2.05) is 6.07 Å². The molecule has 0 saturated carbocycles. The van der Waals surface area contributed by atoms with Gasteiger partial charge < -0.3 is 29.1 Å². The average Bonchev–Trinajstić information content (AvgIpc) is 3.68. The molecule has 3 atom stereocenters. The summed E-state index contributed by atoms with van der Waals surface area (Å²) in [7, 11) is 0.372. The normalized spacial score (nSPS) is 21.8. The molecule has 2 amide bonds. The van der Waals surface area contributed by atoms with Gasteiger partial charge in [0, 0.05) is 42.9 Å². The Morgan fingerprint density at radius 1 is 0.947 bits per heavy atom. The maximum atomic E-state index is 15.7. The van der Waals surface area contributed by atoms with E-state index in [1.54, 1.807) is 12.1 Å². The average molecular weight is 837 g/mol. The first-order valence-electron chi connectivity index (χ1n) is 18.9. The fourth-order valence-electron chi connectivity index (χ4n) is 8.34. The first-order chi connectivity index (χ1) is 27.0. The molecular weight excluding hydrogens is 789 g/mol. The van der Waals surface area contributed by atoms with Crippen LogP contribution in [0.15, 0.2) is 59.5 Å². The van der Waals surface area contributed by atoms with Gasteiger partial charge >= 0.3 is 6.36 Å². The molecule has 3 aliphatic rings. The van der Waals surface area contributed by atoms with E-state index in [2.05, 4.69) is 9.64 Å². The van der Waals surface area contributed by atoms with Crippen molar-refractivity contribution in [2.75, 3.05) is 58.8 Å². The van der Waals surface area contributed by atoms with Gasteiger partial charge in [-0.2, -0.15) is 0 Å². The number of fused-ring (bicyclic) bond motifs is 1. The minimum atomic E-state index is -5.31. The molecule has 0 bridgehead atoms. The van der Waals surface area contributed by atoms with Crippen LogP contribution < -0.4 is 18.5 Å². The van der Waals surface area contributed by atoms with E-state index in [-0.39, 0.29) is 46.3 Å². The molecule has 310 valence electrons. The van der Waals surface area contributed by atoms with E-state index in [4.69, 9.17) is 21.1 Å². The van der Waals surface area contributed by atoms with E-state index in [1.165, 1.54) is 75.6 Å². The third-order valence-electron chi connectivity index (χ3n) is 10.9. The second-order valence-electron chi connectivity index (χ2n) is 14.8. The van der Waals surface area contributed by atoms with Crippen LogP contribution in [0.25, 0.3) is 0 Å². The van der Waals surface area contributed by atoms with Crippen molar-refractivity contribution in [3.63, 3.8) is 0 Å². The Hall–Kier alpha value is -4.09. The predicted octanol–water partition coefficient (Wildman–Crippen LogP) is 5.96. The van der Waals surface area contributed by atoms with Crippen LogP contribution in [0.5, 0.6) is 17.2 Å². The number of amides is 2. The van der Waals surface area contributed by atoms with E-state index >= 15 is 4.79 Å². The Balaban J connectivity index is 1.53. The topological polar surface area (TPSA) is 129 Å². The highest BCUT2D eigenvalue weighted by molar-refractivity contribution is 7.93. The number of nitrogens with zero attached hydrogens (tertiary/aromatic N) is 4. The molecule has 12 nitrogen and oxygen atoms in total. The van der Waals surface area contributed by atoms with Gasteiger partial charge in [0.25, 0.3) is 15.9 Å². The van der Waals surface area contributed by atoms with Crippen molar-refractivity contribution < 1.29 is 50.5 Å². The zero-order chi connectivity index (χ0) is 41.3. The molecule has 6 rings (SSSR count). The summed E-state index contributed by atoms with van der Waals surface area (Å²) in [5.74, 6) is -2.70. The molecule has 1 unspecified atom stereocenters. The summed E-state index contributed by atoms with van der Waals surface area (Å²) in [6, 6.07) is 10.9. The number of piperidine rings is 1. The standard InChI is InChI=1S/C40H48ClF3N4O8S/c1-45(2)37(50)33-23-28(49)25-47(33)39(31-21-26(12-16-34(31)55-4)11-7-5-8-18-46-19-9-6-10-20-46)30-22-27(41)13-15-32(30)48(38(39)51)57(52,53)36-17-14-29(54-3)24-35(36)56-40(42,43)44/h12-17,21-22,24,28,33,49H,5-11,18-20,23,25H2,1-4H3/t28-,33+,39?/m1/s1. The number of sulfonamides is 1. The second-order valence-corrected chi connectivity index (χ2v) is 17.0. The number of ether oxygens (including phenoxy) is 3. The molecule has 3 aliphatic heterocycles. The summed E-state index contributed by atoms with van der Waals surface area (Å²) in [5.41, 5.74) is -1.42. The maximum Gasteiger partial charge on any atom is 0.573 e. The monoisotopic (exact) mass is 836 g/mol. The van der Waals surface area contributed by atoms with Crippen LogP contribution in [0.1, 0.15) is 61.6 Å². The van der Waals surface area contributed by atoms with Crippen molar-refractivity contribution in [3.05, 3.63) is 76.3 Å². The number of anilines is 1. The number of aliphatic hydroxyl groups excluding tert-OH is 1. The summed E-state index contributed by atoms with van der Waals surface area (Å²) < 4.78 is 86.6. The van der Waals surface area contributed by atoms with E-state index < -0.39 is 56.5 Å². The molecule has 0 aliphatic carbocycles. The van der Waals surface area contributed by atoms with E-state index in [0.717, 1.165) is 62.7 Å². The molecule has 1 N–H and O–H groups in total. The number of likely N-dealkylation sites (tertiary alicyclic amines) is 2. The number of benzene rings is 3. The fraction of sp³-hybridized carbons (Fsp3) is 0.500. The Kier molecular flexibility index (Phi) is 12.7. The minimum absolute atomic E-state index is 0.0259. The summed E-state index contributed by atoms with van der Waals surface area (Å²) in [5, 5.41) is 11.3. The van der Waals surface area contributed by atoms with Crippen LogP contribution in [0, 0.1) is 0 Å². The number of unbranched alkanes of at least 4 members (excludes halogenated alkanes) is 2. The number of halogens is 4. The van der Waals surface area contributed by atoms with Crippen LogP contribution in [0.3, 0.4) is 0 Å². The second kappa shape index (κ2) is 17.0.